The van der Waals surface area contributed by atoms with Gasteiger partial charge in [0.2, 0.25) is 7.37 Å². The van der Waals surface area contributed by atoms with Gasteiger partial charge >= 0.3 is 0 Å². The van der Waals surface area contributed by atoms with Crippen LogP contribution in [0.15, 0.2) is 30.3 Å². The summed E-state index contributed by atoms with van der Waals surface area (Å²) in [6, 6.07) is 10.2. The van der Waals surface area contributed by atoms with Crippen molar-refractivity contribution in [2.45, 2.75) is 39.5 Å². The van der Waals surface area contributed by atoms with E-state index in [1.165, 1.54) is 5.56 Å². The highest BCUT2D eigenvalue weighted by molar-refractivity contribution is 7.57. The third-order valence-electron chi connectivity index (χ3n) is 3.19. The average Bonchev–Trinajstić information content (AvgIpc) is 2.29. The molecule has 2 atom stereocenters. The van der Waals surface area contributed by atoms with Crippen LogP contribution < -0.4 is 0 Å². The molecule has 0 heterocycles. The van der Waals surface area contributed by atoms with E-state index in [4.69, 9.17) is 0 Å². The minimum Gasteiger partial charge on any atom is -0.344 e. The number of hydrogen-bond acceptors (Lipinski definition) is 1. The van der Waals surface area contributed by atoms with Gasteiger partial charge in [0.25, 0.3) is 0 Å². The van der Waals surface area contributed by atoms with Crippen molar-refractivity contribution in [1.82, 2.24) is 0 Å². The Balaban J connectivity index is 2.31. The SMILES string of the molecule is CCCC(C)CP(=O)(O)CCCc1ccccc1. The van der Waals surface area contributed by atoms with Gasteiger partial charge in [0.1, 0.15) is 0 Å². The van der Waals surface area contributed by atoms with Crippen molar-refractivity contribution in [3.8, 4) is 0 Å². The molecule has 1 aromatic rings. The Morgan fingerprint density at radius 3 is 2.56 bits per heavy atom. The maximum Gasteiger partial charge on any atom is 0.200 e. The van der Waals surface area contributed by atoms with Crippen LogP contribution in [0.25, 0.3) is 0 Å². The monoisotopic (exact) mass is 268 g/mol. The quantitative estimate of drug-likeness (QED) is 0.713. The minimum atomic E-state index is -2.92. The summed E-state index contributed by atoms with van der Waals surface area (Å²) in [5.41, 5.74) is 1.25. The summed E-state index contributed by atoms with van der Waals surface area (Å²) >= 11 is 0. The maximum absolute atomic E-state index is 12.0. The van der Waals surface area contributed by atoms with Crippen LogP contribution in [-0.4, -0.2) is 17.2 Å². The van der Waals surface area contributed by atoms with E-state index in [2.05, 4.69) is 26.0 Å². The molecule has 0 saturated heterocycles. The molecule has 1 aromatic carbocycles. The zero-order chi connectivity index (χ0) is 13.4. The van der Waals surface area contributed by atoms with E-state index >= 15 is 0 Å². The second-order valence-corrected chi connectivity index (χ2v) is 7.74. The molecule has 0 radical (unpaired) electrons. The van der Waals surface area contributed by atoms with Crippen LogP contribution in [0.4, 0.5) is 0 Å². The molecule has 18 heavy (non-hydrogen) atoms. The molecule has 0 amide bonds. The van der Waals surface area contributed by atoms with Gasteiger partial charge < -0.3 is 4.89 Å². The average molecular weight is 268 g/mol. The Morgan fingerprint density at radius 1 is 1.28 bits per heavy atom. The molecule has 102 valence electrons. The summed E-state index contributed by atoms with van der Waals surface area (Å²) in [6.45, 7) is 4.19. The van der Waals surface area contributed by atoms with Gasteiger partial charge in [-0.1, -0.05) is 57.0 Å². The van der Waals surface area contributed by atoms with Crippen LogP contribution in [0.1, 0.15) is 38.7 Å². The van der Waals surface area contributed by atoms with Gasteiger partial charge in [-0.05, 0) is 24.3 Å². The summed E-state index contributed by atoms with van der Waals surface area (Å²) in [5, 5.41) is 0. The topological polar surface area (TPSA) is 37.3 Å². The Labute approximate surface area is 111 Å². The Morgan fingerprint density at radius 2 is 1.94 bits per heavy atom. The molecule has 2 unspecified atom stereocenters. The smallest absolute Gasteiger partial charge is 0.200 e. The molecule has 1 rings (SSSR count). The van der Waals surface area contributed by atoms with E-state index < -0.39 is 7.37 Å². The lowest BCUT2D eigenvalue weighted by molar-refractivity contribution is 0.456. The van der Waals surface area contributed by atoms with Gasteiger partial charge in [0.05, 0.1) is 0 Å². The predicted molar refractivity (Wildman–Crippen MR) is 78.4 cm³/mol. The largest absolute Gasteiger partial charge is 0.344 e. The van der Waals surface area contributed by atoms with E-state index in [1.54, 1.807) is 0 Å². The predicted octanol–water partition coefficient (Wildman–Crippen LogP) is 4.33. The van der Waals surface area contributed by atoms with Crippen molar-refractivity contribution in [3.63, 3.8) is 0 Å². The first-order valence-corrected chi connectivity index (χ1v) is 8.91. The van der Waals surface area contributed by atoms with Crippen LogP contribution in [0, 0.1) is 5.92 Å². The van der Waals surface area contributed by atoms with Crippen molar-refractivity contribution in [2.75, 3.05) is 12.3 Å². The third kappa shape index (κ3) is 6.37. The standard InChI is InChI=1S/C15H25O2P/c1-3-8-14(2)13-18(16,17)12-7-11-15-9-5-4-6-10-15/h4-6,9-10,14H,3,7-8,11-13H2,1-2H3,(H,16,17). The van der Waals surface area contributed by atoms with Gasteiger partial charge in [0.15, 0.2) is 0 Å². The van der Waals surface area contributed by atoms with E-state index in [0.717, 1.165) is 25.7 Å². The third-order valence-corrected chi connectivity index (χ3v) is 5.40. The molecule has 0 fully saturated rings. The lowest BCUT2D eigenvalue weighted by Crippen LogP contribution is -2.05. The molecule has 0 spiro atoms. The van der Waals surface area contributed by atoms with Crippen molar-refractivity contribution < 1.29 is 9.46 Å². The van der Waals surface area contributed by atoms with E-state index in [9.17, 15) is 9.46 Å². The number of hydrogen-bond donors (Lipinski definition) is 1. The molecular formula is C15H25O2P. The number of benzene rings is 1. The lowest BCUT2D eigenvalue weighted by Gasteiger charge is -2.16. The van der Waals surface area contributed by atoms with Crippen molar-refractivity contribution >= 4 is 7.37 Å². The second-order valence-electron chi connectivity index (χ2n) is 5.24. The summed E-state index contributed by atoms with van der Waals surface area (Å²) in [7, 11) is -2.92. The molecule has 0 aliphatic rings. The van der Waals surface area contributed by atoms with Crippen LogP contribution >= 0.6 is 7.37 Å². The Hall–Kier alpha value is -0.590. The summed E-state index contributed by atoms with van der Waals surface area (Å²) in [6.07, 6.45) is 4.77. The summed E-state index contributed by atoms with van der Waals surface area (Å²) in [4.78, 5) is 9.95. The van der Waals surface area contributed by atoms with Gasteiger partial charge in [-0.25, -0.2) is 0 Å². The first kappa shape index (κ1) is 15.5. The van der Waals surface area contributed by atoms with Gasteiger partial charge in [-0.2, -0.15) is 0 Å². The van der Waals surface area contributed by atoms with Gasteiger partial charge in [0, 0.05) is 12.3 Å². The van der Waals surface area contributed by atoms with Crippen molar-refractivity contribution in [2.24, 2.45) is 5.92 Å². The van der Waals surface area contributed by atoms with Crippen molar-refractivity contribution in [3.05, 3.63) is 35.9 Å². The molecule has 3 heteroatoms. The second kappa shape index (κ2) is 7.76. The molecule has 0 saturated carbocycles. The lowest BCUT2D eigenvalue weighted by atomic mass is 10.1. The molecule has 0 aliphatic carbocycles. The fourth-order valence-electron chi connectivity index (χ4n) is 2.34. The summed E-state index contributed by atoms with van der Waals surface area (Å²) in [5.74, 6) is 0.363. The van der Waals surface area contributed by atoms with Crippen LogP contribution in [0.2, 0.25) is 0 Å². The highest BCUT2D eigenvalue weighted by Crippen LogP contribution is 2.44. The highest BCUT2D eigenvalue weighted by Gasteiger charge is 2.20. The normalized spacial score (nSPS) is 16.2. The fraction of sp³-hybridized carbons (Fsp3) is 0.600. The molecule has 0 aromatic heterocycles. The number of rotatable bonds is 8. The summed E-state index contributed by atoms with van der Waals surface area (Å²) < 4.78 is 12.0. The molecule has 2 nitrogen and oxygen atoms in total. The highest BCUT2D eigenvalue weighted by atomic mass is 31.2. The van der Waals surface area contributed by atoms with Gasteiger partial charge in [-0.3, -0.25) is 4.57 Å². The Kier molecular flexibility index (Phi) is 6.67. The zero-order valence-corrected chi connectivity index (χ0v) is 12.4. The van der Waals surface area contributed by atoms with Crippen LogP contribution in [0.3, 0.4) is 0 Å². The van der Waals surface area contributed by atoms with E-state index in [-0.39, 0.29) is 0 Å². The van der Waals surface area contributed by atoms with Gasteiger partial charge in [-0.15, -0.1) is 0 Å². The maximum atomic E-state index is 12.0. The zero-order valence-electron chi connectivity index (χ0n) is 11.5. The fourth-order valence-corrected chi connectivity index (χ4v) is 4.33. The van der Waals surface area contributed by atoms with Crippen LogP contribution in [0.5, 0.6) is 0 Å². The van der Waals surface area contributed by atoms with Crippen LogP contribution in [-0.2, 0) is 11.0 Å². The Bertz CT molecular complexity index is 375. The first-order chi connectivity index (χ1) is 8.53. The van der Waals surface area contributed by atoms with E-state index in [0.29, 0.717) is 18.2 Å². The van der Waals surface area contributed by atoms with Crippen molar-refractivity contribution in [1.29, 1.82) is 0 Å². The molecule has 1 N–H and O–H groups in total. The first-order valence-electron chi connectivity index (χ1n) is 6.88. The minimum absolute atomic E-state index is 0.363. The molecular weight excluding hydrogens is 243 g/mol. The number of aryl methyl sites for hydroxylation is 1. The molecule has 0 aliphatic heterocycles. The van der Waals surface area contributed by atoms with E-state index in [1.807, 2.05) is 18.2 Å². The molecule has 0 bridgehead atoms.